The largest absolute Gasteiger partial charge is 0.413 e. The summed E-state index contributed by atoms with van der Waals surface area (Å²) in [7, 11) is 1.46. The van der Waals surface area contributed by atoms with Crippen LogP contribution >= 0.6 is 0 Å². The highest BCUT2D eigenvalue weighted by Crippen LogP contribution is 2.39. The van der Waals surface area contributed by atoms with Crippen molar-refractivity contribution in [3.05, 3.63) is 24.6 Å². The van der Waals surface area contributed by atoms with E-state index in [1.807, 2.05) is 21.0 Å². The molecular weight excluding hydrogens is 400 g/mol. The first kappa shape index (κ1) is 28.3. The van der Waals surface area contributed by atoms with Crippen molar-refractivity contribution >= 4 is 20.7 Å². The molecule has 0 aromatic heterocycles. The van der Waals surface area contributed by atoms with Gasteiger partial charge in [-0.2, -0.15) is 0 Å². The Morgan fingerprint density at radius 1 is 1.30 bits per heavy atom. The van der Waals surface area contributed by atoms with E-state index < -0.39 is 32.6 Å². The highest BCUT2D eigenvalue weighted by molar-refractivity contribution is 6.74. The van der Waals surface area contributed by atoms with Gasteiger partial charge in [0.1, 0.15) is 6.23 Å². The number of carbonyl (C=O) groups excluding carboxylic acids is 1. The first-order valence-electron chi connectivity index (χ1n) is 10.2. The molecule has 174 valence electrons. The molecular formula is C21H42N4O4Si. The van der Waals surface area contributed by atoms with E-state index in [0.29, 0.717) is 5.70 Å². The molecule has 0 aliphatic rings. The number of hydrogen-bond donors (Lipinski definition) is 3. The predicted octanol–water partition coefficient (Wildman–Crippen LogP) is 2.96. The van der Waals surface area contributed by atoms with Crippen molar-refractivity contribution in [3.63, 3.8) is 0 Å². The lowest BCUT2D eigenvalue weighted by atomic mass is 9.92. The maximum absolute atomic E-state index is 12.0. The zero-order valence-corrected chi connectivity index (χ0v) is 21.1. The number of nitrogens with two attached hydrogens (primary N) is 1. The molecule has 0 saturated heterocycles. The van der Waals surface area contributed by atoms with Gasteiger partial charge in [-0.05, 0) is 24.2 Å². The average molecular weight is 443 g/mol. The van der Waals surface area contributed by atoms with Crippen LogP contribution < -0.4 is 5.73 Å². The second kappa shape index (κ2) is 11.6. The molecule has 1 unspecified atom stereocenters. The third-order valence-corrected chi connectivity index (χ3v) is 9.97. The number of allylic oxidation sites excluding steroid dienone is 1. The Labute approximate surface area is 183 Å². The topological polar surface area (TPSA) is 112 Å². The predicted molar refractivity (Wildman–Crippen MR) is 125 cm³/mol. The standard InChI is InChI=1S/C21H42N4O4Si/c1-15(13-26)18(29-30(9,10)21(4,5)6)17(3)19(27)25(20(22)28)12-11-16(2)23-14-24(7)8/h11-12,14-15,17-19,26-27H,2,13H2,1,3-10H3,(H2,22,28)/b12-11-,23-14?/t15?,17-,18+,19+/m0/s1. The molecule has 4 N–H and O–H groups in total. The third-order valence-electron chi connectivity index (χ3n) is 5.50. The number of rotatable bonds is 11. The molecule has 9 heteroatoms. The van der Waals surface area contributed by atoms with Gasteiger partial charge in [-0.15, -0.1) is 0 Å². The van der Waals surface area contributed by atoms with Crippen molar-refractivity contribution in [1.82, 2.24) is 9.80 Å². The SMILES string of the molecule is C=C(/C=C\N(C(N)=O)[C@H](O)[C@@H](C)[C@H](O[Si](C)(C)C(C)(C)C)C(C)CO)N=CN(C)C. The van der Waals surface area contributed by atoms with Crippen molar-refractivity contribution in [2.45, 2.75) is 65.1 Å². The number of amides is 2. The Bertz CT molecular complexity index is 629. The van der Waals surface area contributed by atoms with Gasteiger partial charge >= 0.3 is 6.03 Å². The fourth-order valence-electron chi connectivity index (χ4n) is 2.48. The van der Waals surface area contributed by atoms with Crippen LogP contribution in [0.1, 0.15) is 34.6 Å². The number of primary amides is 1. The van der Waals surface area contributed by atoms with Crippen molar-refractivity contribution in [2.24, 2.45) is 22.6 Å². The molecule has 0 radical (unpaired) electrons. The lowest BCUT2D eigenvalue weighted by Crippen LogP contribution is -2.53. The molecule has 0 aromatic carbocycles. The maximum Gasteiger partial charge on any atom is 0.320 e. The maximum atomic E-state index is 12.0. The van der Waals surface area contributed by atoms with Crippen LogP contribution in [0.4, 0.5) is 4.79 Å². The summed E-state index contributed by atoms with van der Waals surface area (Å²) in [5.41, 5.74) is 5.90. The molecule has 0 spiro atoms. The molecule has 8 nitrogen and oxygen atoms in total. The van der Waals surface area contributed by atoms with Crippen LogP contribution in [-0.4, -0.2) is 73.7 Å². The summed E-state index contributed by atoms with van der Waals surface area (Å²) in [6, 6.07) is -0.808. The molecule has 0 saturated carbocycles. The van der Waals surface area contributed by atoms with Crippen LogP contribution in [0, 0.1) is 11.8 Å². The lowest BCUT2D eigenvalue weighted by molar-refractivity contribution is -0.0539. The highest BCUT2D eigenvalue weighted by atomic mass is 28.4. The Hall–Kier alpha value is -1.68. The van der Waals surface area contributed by atoms with Gasteiger partial charge in [0.2, 0.25) is 0 Å². The van der Waals surface area contributed by atoms with Crippen LogP contribution in [0.2, 0.25) is 18.1 Å². The van der Waals surface area contributed by atoms with E-state index in [1.165, 1.54) is 12.3 Å². The van der Waals surface area contributed by atoms with Gasteiger partial charge in [-0.3, -0.25) is 4.90 Å². The van der Waals surface area contributed by atoms with E-state index in [4.69, 9.17) is 10.2 Å². The van der Waals surface area contributed by atoms with E-state index in [0.717, 1.165) is 4.90 Å². The van der Waals surface area contributed by atoms with Crippen molar-refractivity contribution < 1.29 is 19.4 Å². The van der Waals surface area contributed by atoms with Crippen LogP contribution in [0.3, 0.4) is 0 Å². The van der Waals surface area contributed by atoms with Gasteiger partial charge < -0.3 is 25.3 Å². The minimum atomic E-state index is -2.19. The van der Waals surface area contributed by atoms with E-state index in [2.05, 4.69) is 45.4 Å². The number of aliphatic hydroxyl groups excluding tert-OH is 2. The van der Waals surface area contributed by atoms with Gasteiger partial charge in [-0.1, -0.05) is 41.2 Å². The summed E-state index contributed by atoms with van der Waals surface area (Å²) in [5.74, 6) is -0.737. The second-order valence-corrected chi connectivity index (χ2v) is 14.3. The minimum Gasteiger partial charge on any atom is -0.413 e. The summed E-state index contributed by atoms with van der Waals surface area (Å²) in [4.78, 5) is 18.9. The van der Waals surface area contributed by atoms with Crippen molar-refractivity contribution in [2.75, 3.05) is 20.7 Å². The van der Waals surface area contributed by atoms with Crippen molar-refractivity contribution in [3.8, 4) is 0 Å². The summed E-state index contributed by atoms with van der Waals surface area (Å²) in [6.07, 6.45) is 2.74. The second-order valence-electron chi connectivity index (χ2n) is 9.54. The van der Waals surface area contributed by atoms with E-state index in [-0.39, 0.29) is 17.6 Å². The monoisotopic (exact) mass is 442 g/mol. The first-order chi connectivity index (χ1) is 13.5. The quantitative estimate of drug-likeness (QED) is 0.150. The fraction of sp³-hybridized carbons (Fsp3) is 0.714. The minimum absolute atomic E-state index is 0.0451. The molecule has 0 aliphatic carbocycles. The van der Waals surface area contributed by atoms with Gasteiger partial charge in [0.15, 0.2) is 8.32 Å². The normalized spacial score (nSPS) is 17.0. The molecule has 0 rings (SSSR count). The molecule has 0 fully saturated rings. The zero-order valence-electron chi connectivity index (χ0n) is 20.1. The number of nitrogens with zero attached hydrogens (tertiary/aromatic N) is 3. The number of hydrogen-bond acceptors (Lipinski definition) is 5. The molecule has 0 aliphatic heterocycles. The number of carbonyl (C=O) groups is 1. The Morgan fingerprint density at radius 3 is 2.23 bits per heavy atom. The Kier molecular flexibility index (Phi) is 11.0. The van der Waals surface area contributed by atoms with Crippen molar-refractivity contribution in [1.29, 1.82) is 0 Å². The molecule has 0 aromatic rings. The van der Waals surface area contributed by atoms with Crippen LogP contribution in [0.15, 0.2) is 29.5 Å². The molecule has 2 amide bonds. The average Bonchev–Trinajstić information content (AvgIpc) is 2.61. The molecule has 0 bridgehead atoms. The molecule has 0 heterocycles. The van der Waals surface area contributed by atoms with Crippen LogP contribution in [-0.2, 0) is 4.43 Å². The van der Waals surface area contributed by atoms with Gasteiger partial charge in [0, 0.05) is 38.7 Å². The van der Waals surface area contributed by atoms with E-state index in [9.17, 15) is 15.0 Å². The smallest absolute Gasteiger partial charge is 0.320 e. The van der Waals surface area contributed by atoms with Crippen LogP contribution in [0.25, 0.3) is 0 Å². The number of aliphatic hydroxyl groups is 2. The van der Waals surface area contributed by atoms with E-state index in [1.54, 1.807) is 18.2 Å². The Balaban J connectivity index is 5.70. The lowest BCUT2D eigenvalue weighted by Gasteiger charge is -2.44. The number of aliphatic imine (C=N–C) groups is 1. The summed E-state index contributed by atoms with van der Waals surface area (Å²) in [5, 5.41) is 20.7. The molecule has 30 heavy (non-hydrogen) atoms. The summed E-state index contributed by atoms with van der Waals surface area (Å²) >= 11 is 0. The Morgan fingerprint density at radius 2 is 1.83 bits per heavy atom. The fourth-order valence-corrected chi connectivity index (χ4v) is 3.96. The third kappa shape index (κ3) is 8.59. The summed E-state index contributed by atoms with van der Waals surface area (Å²) in [6.45, 7) is 17.9. The molecule has 4 atom stereocenters. The van der Waals surface area contributed by atoms with Gasteiger partial charge in [0.25, 0.3) is 0 Å². The zero-order chi connectivity index (χ0) is 23.9. The van der Waals surface area contributed by atoms with E-state index >= 15 is 0 Å². The van der Waals surface area contributed by atoms with Crippen LogP contribution in [0.5, 0.6) is 0 Å². The summed E-state index contributed by atoms with van der Waals surface area (Å²) < 4.78 is 6.53. The first-order valence-corrected chi connectivity index (χ1v) is 13.1. The van der Waals surface area contributed by atoms with Gasteiger partial charge in [0.05, 0.1) is 18.1 Å². The highest BCUT2D eigenvalue weighted by Gasteiger charge is 2.43. The number of urea groups is 1. The van der Waals surface area contributed by atoms with Gasteiger partial charge in [-0.25, -0.2) is 9.79 Å².